The molecular weight excluding hydrogens is 220 g/mol. The van der Waals surface area contributed by atoms with Crippen LogP contribution in [0.3, 0.4) is 0 Å². The molecule has 2 rings (SSSR count). The maximum atomic E-state index is 11.0. The Morgan fingerprint density at radius 1 is 1.19 bits per heavy atom. The molecule has 1 heterocycles. The van der Waals surface area contributed by atoms with E-state index >= 15 is 0 Å². The first-order chi connectivity index (χ1) is 7.61. The topological polar surface area (TPSA) is 37.3 Å². The van der Waals surface area contributed by atoms with Gasteiger partial charge in [0.25, 0.3) is 0 Å². The van der Waals surface area contributed by atoms with Gasteiger partial charge in [0.05, 0.1) is 5.56 Å². The van der Waals surface area contributed by atoms with Crippen LogP contribution in [0, 0.1) is 13.8 Å². The number of hydrogen-bond acceptors (Lipinski definition) is 2. The van der Waals surface area contributed by atoms with Crippen molar-refractivity contribution in [3.63, 3.8) is 0 Å². The number of carboxylic acids is 1. The second kappa shape index (κ2) is 4.10. The van der Waals surface area contributed by atoms with E-state index < -0.39 is 5.97 Å². The van der Waals surface area contributed by atoms with Crippen LogP contribution in [0.25, 0.3) is 11.1 Å². The van der Waals surface area contributed by atoms with Gasteiger partial charge in [-0.15, -0.1) is 11.3 Å². The van der Waals surface area contributed by atoms with Crippen LogP contribution in [0.5, 0.6) is 0 Å². The number of aromatic carboxylic acids is 1. The van der Waals surface area contributed by atoms with E-state index in [1.807, 2.05) is 31.4 Å². The quantitative estimate of drug-likeness (QED) is 0.856. The van der Waals surface area contributed by atoms with Crippen molar-refractivity contribution in [2.75, 3.05) is 0 Å². The molecule has 0 unspecified atom stereocenters. The minimum absolute atomic E-state index is 0.378. The summed E-state index contributed by atoms with van der Waals surface area (Å²) in [5.41, 5.74) is 3.35. The number of hydrogen-bond donors (Lipinski definition) is 1. The molecule has 2 aromatic rings. The maximum Gasteiger partial charge on any atom is 0.335 e. The summed E-state index contributed by atoms with van der Waals surface area (Å²) in [4.78, 5) is 12.2. The minimum Gasteiger partial charge on any atom is -0.478 e. The van der Waals surface area contributed by atoms with Gasteiger partial charge < -0.3 is 5.11 Å². The fourth-order valence-corrected chi connectivity index (χ4v) is 2.54. The highest BCUT2D eigenvalue weighted by Gasteiger charge is 2.12. The van der Waals surface area contributed by atoms with Crippen molar-refractivity contribution in [1.82, 2.24) is 0 Å². The van der Waals surface area contributed by atoms with Crippen LogP contribution >= 0.6 is 11.3 Å². The van der Waals surface area contributed by atoms with Gasteiger partial charge in [-0.2, -0.15) is 0 Å². The first kappa shape index (κ1) is 10.9. The molecule has 0 radical (unpaired) electrons. The van der Waals surface area contributed by atoms with E-state index in [0.29, 0.717) is 5.56 Å². The van der Waals surface area contributed by atoms with Crippen molar-refractivity contribution >= 4 is 17.3 Å². The van der Waals surface area contributed by atoms with Crippen LogP contribution in [-0.2, 0) is 0 Å². The minimum atomic E-state index is -0.868. The van der Waals surface area contributed by atoms with E-state index in [1.165, 1.54) is 4.88 Å². The molecule has 0 aliphatic heterocycles. The number of benzene rings is 1. The van der Waals surface area contributed by atoms with E-state index in [9.17, 15) is 4.79 Å². The highest BCUT2D eigenvalue weighted by Crippen LogP contribution is 2.31. The molecule has 0 saturated carbocycles. The summed E-state index contributed by atoms with van der Waals surface area (Å²) in [6.07, 6.45) is 0. The van der Waals surface area contributed by atoms with Crippen LogP contribution < -0.4 is 0 Å². The number of carbonyl (C=O) groups is 1. The number of rotatable bonds is 2. The summed E-state index contributed by atoms with van der Waals surface area (Å²) in [7, 11) is 0. The molecule has 0 spiro atoms. The lowest BCUT2D eigenvalue weighted by atomic mass is 9.97. The summed E-state index contributed by atoms with van der Waals surface area (Å²) in [5, 5.41) is 11.1. The Kier molecular flexibility index (Phi) is 2.79. The van der Waals surface area contributed by atoms with Crippen molar-refractivity contribution in [1.29, 1.82) is 0 Å². The summed E-state index contributed by atoms with van der Waals surface area (Å²) in [6, 6.07) is 7.44. The Morgan fingerprint density at radius 3 is 2.50 bits per heavy atom. The molecule has 0 fully saturated rings. The third kappa shape index (κ3) is 1.74. The van der Waals surface area contributed by atoms with Crippen LogP contribution in [0.15, 0.2) is 29.6 Å². The zero-order valence-electron chi connectivity index (χ0n) is 9.15. The Hall–Kier alpha value is -1.61. The standard InChI is InChI=1S/C13H12O2S/c1-8-10(12-6-7-16-9(12)2)4-3-5-11(8)13(14)15/h3-7H,1-2H3,(H,14,15). The van der Waals surface area contributed by atoms with E-state index in [1.54, 1.807) is 23.5 Å². The molecule has 0 saturated heterocycles. The number of thiophene rings is 1. The fourth-order valence-electron chi connectivity index (χ4n) is 1.82. The van der Waals surface area contributed by atoms with Gasteiger partial charge in [0.1, 0.15) is 0 Å². The molecule has 0 bridgehead atoms. The van der Waals surface area contributed by atoms with Gasteiger partial charge in [0, 0.05) is 4.88 Å². The van der Waals surface area contributed by atoms with Crippen molar-refractivity contribution in [3.8, 4) is 11.1 Å². The normalized spacial score (nSPS) is 10.4. The maximum absolute atomic E-state index is 11.0. The van der Waals surface area contributed by atoms with Crippen LogP contribution in [0.4, 0.5) is 0 Å². The summed E-state index contributed by atoms with van der Waals surface area (Å²) in [6.45, 7) is 3.91. The molecule has 16 heavy (non-hydrogen) atoms. The molecule has 1 aromatic carbocycles. The summed E-state index contributed by atoms with van der Waals surface area (Å²) in [5.74, 6) is -0.868. The first-order valence-corrected chi connectivity index (χ1v) is 5.86. The van der Waals surface area contributed by atoms with Crippen LogP contribution in [-0.4, -0.2) is 11.1 Å². The highest BCUT2D eigenvalue weighted by atomic mass is 32.1. The van der Waals surface area contributed by atoms with Crippen molar-refractivity contribution in [3.05, 3.63) is 45.6 Å². The Balaban J connectivity index is 2.63. The molecule has 3 heteroatoms. The smallest absolute Gasteiger partial charge is 0.335 e. The van der Waals surface area contributed by atoms with Gasteiger partial charge in [-0.1, -0.05) is 12.1 Å². The third-order valence-electron chi connectivity index (χ3n) is 2.71. The SMILES string of the molecule is Cc1sccc1-c1cccc(C(=O)O)c1C. The molecule has 0 aliphatic rings. The molecule has 0 aliphatic carbocycles. The average Bonchev–Trinajstić information content (AvgIpc) is 2.64. The molecule has 1 aromatic heterocycles. The fraction of sp³-hybridized carbons (Fsp3) is 0.154. The Morgan fingerprint density at radius 2 is 1.94 bits per heavy atom. The molecular formula is C13H12O2S. The molecule has 2 nitrogen and oxygen atoms in total. The summed E-state index contributed by atoms with van der Waals surface area (Å²) < 4.78 is 0. The number of carboxylic acid groups (broad SMARTS) is 1. The lowest BCUT2D eigenvalue weighted by Gasteiger charge is -2.08. The van der Waals surface area contributed by atoms with Gasteiger partial charge in [-0.05, 0) is 48.1 Å². The molecule has 0 amide bonds. The lowest BCUT2D eigenvalue weighted by molar-refractivity contribution is 0.0696. The Bertz CT molecular complexity index is 541. The van der Waals surface area contributed by atoms with Crippen molar-refractivity contribution in [2.24, 2.45) is 0 Å². The van der Waals surface area contributed by atoms with Crippen LogP contribution in [0.1, 0.15) is 20.8 Å². The molecule has 1 N–H and O–H groups in total. The predicted octanol–water partition coefficient (Wildman–Crippen LogP) is 3.73. The van der Waals surface area contributed by atoms with E-state index in [2.05, 4.69) is 0 Å². The first-order valence-electron chi connectivity index (χ1n) is 4.98. The third-order valence-corrected chi connectivity index (χ3v) is 3.56. The molecule has 0 atom stereocenters. The van der Waals surface area contributed by atoms with E-state index in [-0.39, 0.29) is 0 Å². The summed E-state index contributed by atoms with van der Waals surface area (Å²) >= 11 is 1.67. The van der Waals surface area contributed by atoms with Gasteiger partial charge in [0.2, 0.25) is 0 Å². The van der Waals surface area contributed by atoms with E-state index in [4.69, 9.17) is 5.11 Å². The zero-order valence-corrected chi connectivity index (χ0v) is 9.97. The van der Waals surface area contributed by atoms with E-state index in [0.717, 1.165) is 16.7 Å². The van der Waals surface area contributed by atoms with Crippen molar-refractivity contribution in [2.45, 2.75) is 13.8 Å². The van der Waals surface area contributed by atoms with Crippen molar-refractivity contribution < 1.29 is 9.90 Å². The zero-order chi connectivity index (χ0) is 11.7. The average molecular weight is 232 g/mol. The molecule has 82 valence electrons. The Labute approximate surface area is 98.2 Å². The number of aryl methyl sites for hydroxylation is 1. The largest absolute Gasteiger partial charge is 0.478 e. The van der Waals surface area contributed by atoms with Gasteiger partial charge >= 0.3 is 5.97 Å². The van der Waals surface area contributed by atoms with Crippen LogP contribution in [0.2, 0.25) is 0 Å². The van der Waals surface area contributed by atoms with Gasteiger partial charge in [-0.25, -0.2) is 4.79 Å². The highest BCUT2D eigenvalue weighted by molar-refractivity contribution is 7.10. The second-order valence-electron chi connectivity index (χ2n) is 3.67. The predicted molar refractivity (Wildman–Crippen MR) is 66.2 cm³/mol. The second-order valence-corrected chi connectivity index (χ2v) is 4.79. The monoisotopic (exact) mass is 232 g/mol. The van der Waals surface area contributed by atoms with Gasteiger partial charge in [-0.3, -0.25) is 0 Å². The van der Waals surface area contributed by atoms with Gasteiger partial charge in [0.15, 0.2) is 0 Å². The lowest BCUT2D eigenvalue weighted by Crippen LogP contribution is -2.00.